The minimum Gasteiger partial charge on any atom is -0.364 e. The summed E-state index contributed by atoms with van der Waals surface area (Å²) in [5.41, 5.74) is 2.22. The quantitative estimate of drug-likeness (QED) is 0.474. The number of methoxy groups -OCH3 is 1. The van der Waals surface area contributed by atoms with E-state index in [1.807, 2.05) is 0 Å². The predicted octanol–water partition coefficient (Wildman–Crippen LogP) is 0.183. The minimum absolute atomic E-state index is 0.249. The number of ether oxygens (including phenoxy) is 1. The second kappa shape index (κ2) is 5.94. The Bertz CT molecular complexity index is 118. The summed E-state index contributed by atoms with van der Waals surface area (Å²) in [7, 11) is 3.13. The third kappa shape index (κ3) is 4.58. The minimum atomic E-state index is -0.311. The van der Waals surface area contributed by atoms with Crippen molar-refractivity contribution < 1.29 is 14.4 Å². The maximum atomic E-state index is 10.9. The topological polar surface area (TPSA) is 50.8 Å². The largest absolute Gasteiger partial charge is 0.364 e. The normalized spacial score (nSPS) is 9.36. The fraction of sp³-hybridized carbons (Fsp3) is 0.833. The second-order valence-corrected chi connectivity index (χ2v) is 1.96. The Balaban J connectivity index is 3.47. The number of nitrogens with zero attached hydrogens (tertiary/aromatic N) is 1. The van der Waals surface area contributed by atoms with Crippen molar-refractivity contribution in [2.75, 3.05) is 27.5 Å². The molecule has 2 amide bonds. The molecule has 0 fully saturated rings. The Labute approximate surface area is 66.2 Å². The molecule has 5 nitrogen and oxygen atoms in total. The lowest BCUT2D eigenvalue weighted by atomic mass is 10.8. The maximum Gasteiger partial charge on any atom is 0.342 e. The molecule has 0 spiro atoms. The Morgan fingerprint density at radius 3 is 2.73 bits per heavy atom. The molecule has 0 aliphatic carbocycles. The molecule has 0 atom stereocenters. The molecular weight excluding hydrogens is 148 g/mol. The van der Waals surface area contributed by atoms with Crippen LogP contribution in [0.3, 0.4) is 0 Å². The van der Waals surface area contributed by atoms with Crippen LogP contribution in [-0.4, -0.2) is 38.4 Å². The Kier molecular flexibility index (Phi) is 5.50. The van der Waals surface area contributed by atoms with Crippen LogP contribution in [0.15, 0.2) is 0 Å². The SMILES string of the molecule is CCONC(=O)N(C)COC. The van der Waals surface area contributed by atoms with Gasteiger partial charge in [0.15, 0.2) is 0 Å². The van der Waals surface area contributed by atoms with E-state index in [1.165, 1.54) is 12.0 Å². The third-order valence-electron chi connectivity index (χ3n) is 0.973. The van der Waals surface area contributed by atoms with E-state index in [-0.39, 0.29) is 12.8 Å². The molecule has 0 aromatic rings. The fourth-order valence-corrected chi connectivity index (χ4v) is 0.464. The molecule has 5 heteroatoms. The van der Waals surface area contributed by atoms with Crippen molar-refractivity contribution in [1.29, 1.82) is 0 Å². The van der Waals surface area contributed by atoms with Gasteiger partial charge in [-0.25, -0.2) is 10.3 Å². The maximum absolute atomic E-state index is 10.9. The van der Waals surface area contributed by atoms with E-state index in [2.05, 4.69) is 10.3 Å². The van der Waals surface area contributed by atoms with Crippen molar-refractivity contribution in [3.63, 3.8) is 0 Å². The molecule has 0 aliphatic heterocycles. The van der Waals surface area contributed by atoms with E-state index >= 15 is 0 Å². The van der Waals surface area contributed by atoms with E-state index in [0.29, 0.717) is 6.61 Å². The summed E-state index contributed by atoms with van der Waals surface area (Å²) in [6.07, 6.45) is 0. The zero-order chi connectivity index (χ0) is 8.69. The van der Waals surface area contributed by atoms with Crippen LogP contribution in [0.1, 0.15) is 6.92 Å². The number of carbonyl (C=O) groups is 1. The fourth-order valence-electron chi connectivity index (χ4n) is 0.464. The van der Waals surface area contributed by atoms with Gasteiger partial charge in [-0.15, -0.1) is 0 Å². The molecule has 0 radical (unpaired) electrons. The second-order valence-electron chi connectivity index (χ2n) is 1.96. The predicted molar refractivity (Wildman–Crippen MR) is 39.8 cm³/mol. The number of urea groups is 1. The van der Waals surface area contributed by atoms with Gasteiger partial charge < -0.3 is 9.64 Å². The lowest BCUT2D eigenvalue weighted by molar-refractivity contribution is 0.0378. The van der Waals surface area contributed by atoms with Crippen molar-refractivity contribution >= 4 is 6.03 Å². The lowest BCUT2D eigenvalue weighted by Crippen LogP contribution is -2.38. The summed E-state index contributed by atoms with van der Waals surface area (Å²) in [5, 5.41) is 0. The molecule has 0 saturated carbocycles. The van der Waals surface area contributed by atoms with Crippen LogP contribution in [0.4, 0.5) is 4.79 Å². The van der Waals surface area contributed by atoms with Gasteiger partial charge in [-0.1, -0.05) is 0 Å². The Morgan fingerprint density at radius 1 is 1.64 bits per heavy atom. The molecule has 0 aliphatic rings. The first-order chi connectivity index (χ1) is 5.22. The molecule has 1 N–H and O–H groups in total. The van der Waals surface area contributed by atoms with Gasteiger partial charge in [-0.2, -0.15) is 0 Å². The van der Waals surface area contributed by atoms with Gasteiger partial charge in [0.2, 0.25) is 0 Å². The van der Waals surface area contributed by atoms with Crippen LogP contribution in [0, 0.1) is 0 Å². The lowest BCUT2D eigenvalue weighted by Gasteiger charge is -2.15. The van der Waals surface area contributed by atoms with Crippen LogP contribution >= 0.6 is 0 Å². The third-order valence-corrected chi connectivity index (χ3v) is 0.973. The van der Waals surface area contributed by atoms with Gasteiger partial charge in [-0.3, -0.25) is 4.84 Å². The molecule has 0 bridgehead atoms. The van der Waals surface area contributed by atoms with Crippen LogP contribution in [0.25, 0.3) is 0 Å². The zero-order valence-corrected chi connectivity index (χ0v) is 7.09. The Morgan fingerprint density at radius 2 is 2.27 bits per heavy atom. The number of carbonyl (C=O) groups excluding carboxylic acids is 1. The van der Waals surface area contributed by atoms with Crippen molar-refractivity contribution in [3.05, 3.63) is 0 Å². The van der Waals surface area contributed by atoms with Crippen LogP contribution in [0.5, 0.6) is 0 Å². The van der Waals surface area contributed by atoms with Gasteiger partial charge in [0, 0.05) is 14.2 Å². The number of rotatable bonds is 4. The number of nitrogens with one attached hydrogen (secondary N) is 1. The Hall–Kier alpha value is -0.810. The highest BCUT2D eigenvalue weighted by molar-refractivity contribution is 5.72. The van der Waals surface area contributed by atoms with Crippen LogP contribution in [-0.2, 0) is 9.57 Å². The van der Waals surface area contributed by atoms with Crippen molar-refractivity contribution in [2.24, 2.45) is 0 Å². The molecule has 0 unspecified atom stereocenters. The van der Waals surface area contributed by atoms with E-state index < -0.39 is 0 Å². The average molecular weight is 162 g/mol. The molecule has 0 aromatic carbocycles. The molecule has 11 heavy (non-hydrogen) atoms. The number of hydrogen-bond acceptors (Lipinski definition) is 3. The highest BCUT2D eigenvalue weighted by Crippen LogP contribution is 1.83. The number of hydroxylamine groups is 1. The molecule has 0 aromatic heterocycles. The first kappa shape index (κ1) is 10.2. The zero-order valence-electron chi connectivity index (χ0n) is 7.09. The first-order valence-corrected chi connectivity index (χ1v) is 3.34. The van der Waals surface area contributed by atoms with E-state index in [1.54, 1.807) is 14.0 Å². The van der Waals surface area contributed by atoms with Crippen molar-refractivity contribution in [1.82, 2.24) is 10.4 Å². The summed E-state index contributed by atoms with van der Waals surface area (Å²) in [6.45, 7) is 2.49. The van der Waals surface area contributed by atoms with E-state index in [0.717, 1.165) is 0 Å². The molecular formula is C6H14N2O3. The standard InChI is InChI=1S/C6H14N2O3/c1-4-11-7-6(9)8(2)5-10-3/h4-5H2,1-3H3,(H,7,9). The number of hydrogen-bond donors (Lipinski definition) is 1. The molecule has 0 saturated heterocycles. The summed E-state index contributed by atoms with van der Waals surface area (Å²) in [6, 6.07) is -0.311. The first-order valence-electron chi connectivity index (χ1n) is 3.34. The summed E-state index contributed by atoms with van der Waals surface area (Å²) >= 11 is 0. The van der Waals surface area contributed by atoms with Gasteiger partial charge >= 0.3 is 6.03 Å². The van der Waals surface area contributed by atoms with Gasteiger partial charge in [-0.05, 0) is 6.92 Å². The summed E-state index contributed by atoms with van der Waals surface area (Å²) in [4.78, 5) is 16.9. The number of amides is 2. The van der Waals surface area contributed by atoms with E-state index in [9.17, 15) is 4.79 Å². The van der Waals surface area contributed by atoms with Gasteiger partial charge in [0.1, 0.15) is 6.73 Å². The van der Waals surface area contributed by atoms with Gasteiger partial charge in [0.25, 0.3) is 0 Å². The monoisotopic (exact) mass is 162 g/mol. The molecule has 0 heterocycles. The summed E-state index contributed by atoms with van der Waals surface area (Å²) in [5.74, 6) is 0. The van der Waals surface area contributed by atoms with Crippen molar-refractivity contribution in [3.8, 4) is 0 Å². The van der Waals surface area contributed by atoms with Crippen LogP contribution < -0.4 is 5.48 Å². The van der Waals surface area contributed by atoms with E-state index in [4.69, 9.17) is 4.74 Å². The smallest absolute Gasteiger partial charge is 0.342 e. The van der Waals surface area contributed by atoms with Crippen LogP contribution in [0.2, 0.25) is 0 Å². The highest BCUT2D eigenvalue weighted by Gasteiger charge is 2.05. The van der Waals surface area contributed by atoms with Gasteiger partial charge in [0.05, 0.1) is 6.61 Å². The molecule has 66 valence electrons. The summed E-state index contributed by atoms with van der Waals surface area (Å²) < 4.78 is 4.71. The molecule has 0 rings (SSSR count). The van der Waals surface area contributed by atoms with Crippen molar-refractivity contribution in [2.45, 2.75) is 6.92 Å². The highest BCUT2D eigenvalue weighted by atomic mass is 16.7. The average Bonchev–Trinajstić information content (AvgIpc) is 2.00.